The van der Waals surface area contributed by atoms with E-state index in [4.69, 9.17) is 0 Å². The van der Waals surface area contributed by atoms with E-state index in [1.54, 1.807) is 18.3 Å². The Morgan fingerprint density at radius 3 is 2.68 bits per heavy atom. The molecule has 2 N–H and O–H groups in total. The summed E-state index contributed by atoms with van der Waals surface area (Å²) in [6, 6.07) is 0. The molecule has 0 spiro atoms. The average molecular weight is 363 g/mol. The van der Waals surface area contributed by atoms with Crippen LogP contribution in [0, 0.1) is 13.8 Å². The summed E-state index contributed by atoms with van der Waals surface area (Å²) in [6.07, 6.45) is 3.26. The first kappa shape index (κ1) is 19.2. The second-order valence-electron chi connectivity index (χ2n) is 6.03. The predicted octanol–water partition coefficient (Wildman–Crippen LogP) is 4.10. The van der Waals surface area contributed by atoms with Gasteiger partial charge in [-0.1, -0.05) is 6.42 Å². The zero-order valence-electron chi connectivity index (χ0n) is 15.2. The van der Waals surface area contributed by atoms with Gasteiger partial charge >= 0.3 is 5.97 Å². The van der Waals surface area contributed by atoms with Crippen molar-refractivity contribution in [3.63, 3.8) is 0 Å². The predicted molar refractivity (Wildman–Crippen MR) is 100 cm³/mol. The summed E-state index contributed by atoms with van der Waals surface area (Å²) in [6.45, 7) is 6.26. The first-order valence-electron chi connectivity index (χ1n) is 8.40. The van der Waals surface area contributed by atoms with Crippen molar-refractivity contribution in [2.75, 3.05) is 19.0 Å². The van der Waals surface area contributed by atoms with E-state index in [0.717, 1.165) is 59.1 Å². The van der Waals surface area contributed by atoms with Gasteiger partial charge in [0.2, 0.25) is 0 Å². The molecule has 0 saturated heterocycles. The topological polar surface area (TPSA) is 84.1 Å². The number of ketones is 1. The van der Waals surface area contributed by atoms with Crippen molar-refractivity contribution in [2.45, 2.75) is 46.5 Å². The highest BCUT2D eigenvalue weighted by Crippen LogP contribution is 2.30. The lowest BCUT2D eigenvalue weighted by Crippen LogP contribution is -2.03. The number of hydrogen-bond acceptors (Lipinski definition) is 6. The van der Waals surface area contributed by atoms with E-state index in [9.17, 15) is 9.59 Å². The third kappa shape index (κ3) is 4.92. The fourth-order valence-corrected chi connectivity index (χ4v) is 3.60. The first-order chi connectivity index (χ1) is 11.9. The van der Waals surface area contributed by atoms with Crippen molar-refractivity contribution in [3.8, 4) is 11.4 Å². The molecule has 0 aliphatic carbocycles. The second-order valence-corrected chi connectivity index (χ2v) is 6.89. The number of esters is 1. The molecule has 2 rings (SSSR count). The molecule has 7 heteroatoms. The molecule has 0 unspecified atom stereocenters. The van der Waals surface area contributed by atoms with Crippen LogP contribution in [0.5, 0.6) is 0 Å². The number of ether oxygens (including phenoxy) is 1. The second kappa shape index (κ2) is 8.80. The van der Waals surface area contributed by atoms with Gasteiger partial charge in [-0.3, -0.25) is 9.59 Å². The minimum Gasteiger partial charge on any atom is -0.469 e. The lowest BCUT2D eigenvalue weighted by atomic mass is 10.1. The maximum atomic E-state index is 11.7. The number of Topliss-reactive ketones (excluding diaryl/α,β-unsaturated/α-hetero) is 1. The summed E-state index contributed by atoms with van der Waals surface area (Å²) in [5, 5.41) is 6.16. The number of nitrogens with zero attached hydrogens (tertiary/aromatic N) is 1. The highest BCUT2D eigenvalue weighted by atomic mass is 32.1. The van der Waals surface area contributed by atoms with Gasteiger partial charge in [-0.15, -0.1) is 11.3 Å². The molecule has 2 heterocycles. The number of anilines is 1. The highest BCUT2D eigenvalue weighted by Gasteiger charge is 2.17. The van der Waals surface area contributed by atoms with Crippen LogP contribution in [0.15, 0.2) is 5.38 Å². The maximum absolute atomic E-state index is 11.7. The monoisotopic (exact) mass is 363 g/mol. The van der Waals surface area contributed by atoms with Gasteiger partial charge in [0.05, 0.1) is 12.8 Å². The van der Waals surface area contributed by atoms with Gasteiger partial charge in [-0.25, -0.2) is 4.98 Å². The summed E-state index contributed by atoms with van der Waals surface area (Å²) in [5.74, 6) is -0.0860. The van der Waals surface area contributed by atoms with Crippen LogP contribution in [0.4, 0.5) is 5.13 Å². The van der Waals surface area contributed by atoms with Gasteiger partial charge in [-0.2, -0.15) is 0 Å². The van der Waals surface area contributed by atoms with Crippen LogP contribution in [0.2, 0.25) is 0 Å². The molecule has 0 aromatic carbocycles. The minimum atomic E-state index is -0.154. The molecule has 2 aromatic rings. The van der Waals surface area contributed by atoms with Gasteiger partial charge in [0.15, 0.2) is 10.9 Å². The van der Waals surface area contributed by atoms with Gasteiger partial charge in [0.1, 0.15) is 5.69 Å². The van der Waals surface area contributed by atoms with Crippen LogP contribution < -0.4 is 5.32 Å². The molecule has 0 bridgehead atoms. The molecule has 0 fully saturated rings. The molecule has 25 heavy (non-hydrogen) atoms. The maximum Gasteiger partial charge on any atom is 0.305 e. The van der Waals surface area contributed by atoms with E-state index in [2.05, 4.69) is 20.0 Å². The van der Waals surface area contributed by atoms with Crippen LogP contribution in [0.1, 0.15) is 54.2 Å². The van der Waals surface area contributed by atoms with Crippen molar-refractivity contribution in [2.24, 2.45) is 0 Å². The normalized spacial score (nSPS) is 10.7. The van der Waals surface area contributed by atoms with Gasteiger partial charge < -0.3 is 15.0 Å². The van der Waals surface area contributed by atoms with Crippen LogP contribution in [-0.2, 0) is 9.53 Å². The largest absolute Gasteiger partial charge is 0.469 e. The third-order valence-corrected chi connectivity index (χ3v) is 4.91. The van der Waals surface area contributed by atoms with Gasteiger partial charge in [-0.05, 0) is 39.2 Å². The Morgan fingerprint density at radius 2 is 2.04 bits per heavy atom. The van der Waals surface area contributed by atoms with Crippen molar-refractivity contribution in [1.29, 1.82) is 0 Å². The van der Waals surface area contributed by atoms with Crippen molar-refractivity contribution in [3.05, 3.63) is 22.2 Å². The molecular formula is C18H25N3O3S. The van der Waals surface area contributed by atoms with Crippen LogP contribution in [0.3, 0.4) is 0 Å². The molecule has 0 aliphatic rings. The molecule has 0 radical (unpaired) electrons. The van der Waals surface area contributed by atoms with Crippen molar-refractivity contribution in [1.82, 2.24) is 9.97 Å². The standard InChI is InChI=1S/C18H25N3O3S/c1-11-16(13(3)22)12(2)20-17(11)14-10-25-18(21-14)19-9-7-5-6-8-15(23)24-4/h10,20H,5-9H2,1-4H3,(H,19,21). The SMILES string of the molecule is COC(=O)CCCCCNc1nc(-c2[nH]c(C)c(C(C)=O)c2C)cs1. The van der Waals surface area contributed by atoms with Crippen molar-refractivity contribution < 1.29 is 14.3 Å². The van der Waals surface area contributed by atoms with Crippen molar-refractivity contribution >= 4 is 28.2 Å². The highest BCUT2D eigenvalue weighted by molar-refractivity contribution is 7.14. The van der Waals surface area contributed by atoms with E-state index in [1.165, 1.54) is 7.11 Å². The molecule has 6 nitrogen and oxygen atoms in total. The molecule has 2 aromatic heterocycles. The Hall–Kier alpha value is -2.15. The van der Waals surface area contributed by atoms with E-state index in [1.807, 2.05) is 19.2 Å². The minimum absolute atomic E-state index is 0.0676. The Balaban J connectivity index is 1.88. The fourth-order valence-electron chi connectivity index (χ4n) is 2.87. The van der Waals surface area contributed by atoms with E-state index in [0.29, 0.717) is 6.42 Å². The number of nitrogens with one attached hydrogen (secondary N) is 2. The summed E-state index contributed by atoms with van der Waals surface area (Å²) >= 11 is 1.55. The number of rotatable bonds is 9. The van der Waals surface area contributed by atoms with E-state index in [-0.39, 0.29) is 11.8 Å². The summed E-state index contributed by atoms with van der Waals surface area (Å²) in [7, 11) is 1.41. The molecule has 0 saturated carbocycles. The Kier molecular flexibility index (Phi) is 6.75. The first-order valence-corrected chi connectivity index (χ1v) is 9.28. The average Bonchev–Trinajstić information content (AvgIpc) is 3.14. The third-order valence-electron chi connectivity index (χ3n) is 4.11. The molecule has 0 amide bonds. The fraction of sp³-hybridized carbons (Fsp3) is 0.500. The summed E-state index contributed by atoms with van der Waals surface area (Å²) < 4.78 is 4.62. The number of H-pyrrole nitrogens is 1. The molecule has 0 atom stereocenters. The zero-order chi connectivity index (χ0) is 18.4. The smallest absolute Gasteiger partial charge is 0.305 e. The van der Waals surface area contributed by atoms with Crippen LogP contribution >= 0.6 is 11.3 Å². The van der Waals surface area contributed by atoms with E-state index < -0.39 is 0 Å². The van der Waals surface area contributed by atoms with Gasteiger partial charge in [0.25, 0.3) is 0 Å². The number of aromatic nitrogens is 2. The summed E-state index contributed by atoms with van der Waals surface area (Å²) in [4.78, 5) is 30.7. The number of carbonyl (C=O) groups excluding carboxylic acids is 2. The van der Waals surface area contributed by atoms with Gasteiger partial charge in [0, 0.05) is 29.6 Å². The number of methoxy groups -OCH3 is 1. The quantitative estimate of drug-likeness (QED) is 0.398. The number of hydrogen-bond donors (Lipinski definition) is 2. The van der Waals surface area contributed by atoms with Crippen LogP contribution in [-0.4, -0.2) is 35.4 Å². The Bertz CT molecular complexity index is 749. The number of unbranched alkanes of at least 4 members (excludes halogenated alkanes) is 2. The summed E-state index contributed by atoms with van der Waals surface area (Å²) in [5.41, 5.74) is 4.34. The number of carbonyl (C=O) groups is 2. The number of aryl methyl sites for hydroxylation is 1. The molecular weight excluding hydrogens is 338 g/mol. The zero-order valence-corrected chi connectivity index (χ0v) is 16.0. The Labute approximate surface area is 152 Å². The number of aromatic amines is 1. The lowest BCUT2D eigenvalue weighted by molar-refractivity contribution is -0.140. The molecule has 0 aliphatic heterocycles. The van der Waals surface area contributed by atoms with Crippen LogP contribution in [0.25, 0.3) is 11.4 Å². The lowest BCUT2D eigenvalue weighted by Gasteiger charge is -2.02. The number of thiazole rings is 1. The molecule has 136 valence electrons. The Morgan fingerprint density at radius 1 is 1.28 bits per heavy atom. The van der Waals surface area contributed by atoms with E-state index >= 15 is 0 Å².